The van der Waals surface area contributed by atoms with Crippen molar-refractivity contribution in [2.24, 2.45) is 0 Å². The van der Waals surface area contributed by atoms with Crippen LogP contribution in [-0.4, -0.2) is 33.5 Å². The van der Waals surface area contributed by atoms with Crippen molar-refractivity contribution < 1.29 is 27.6 Å². The van der Waals surface area contributed by atoms with Crippen LogP contribution in [0, 0.1) is 10.1 Å². The number of nitro groups is 1. The third-order valence-corrected chi connectivity index (χ3v) is 7.99. The van der Waals surface area contributed by atoms with Gasteiger partial charge in [0.05, 0.1) is 45.9 Å². The lowest BCUT2D eigenvalue weighted by Crippen LogP contribution is -2.17. The lowest BCUT2D eigenvalue weighted by atomic mass is 10.2. The van der Waals surface area contributed by atoms with Crippen LogP contribution in [0.15, 0.2) is 75.4 Å². The Balaban J connectivity index is 1.64. The molecule has 0 aromatic heterocycles. The number of hydrogen-bond donors (Lipinski definition) is 1. The molecule has 3 aromatic rings. The van der Waals surface area contributed by atoms with Gasteiger partial charge in [0.15, 0.2) is 9.84 Å². The monoisotopic (exact) mass is 512 g/mol. The molecule has 3 aromatic carbocycles. The number of ether oxygens (including phenoxy) is 2. The van der Waals surface area contributed by atoms with E-state index >= 15 is 0 Å². The number of carbonyl (C=O) groups excluding carboxylic acids is 1. The minimum atomic E-state index is -3.78. The molecule has 0 fully saturated rings. The Bertz CT molecular complexity index is 1430. The molecule has 9 nitrogen and oxygen atoms in total. The van der Waals surface area contributed by atoms with Crippen LogP contribution < -0.4 is 14.8 Å². The molecule has 1 aliphatic rings. The number of hydrogen-bond acceptors (Lipinski definition) is 8. The predicted molar refractivity (Wildman–Crippen MR) is 132 cm³/mol. The molecule has 11 heteroatoms. The zero-order valence-electron chi connectivity index (χ0n) is 18.7. The summed E-state index contributed by atoms with van der Waals surface area (Å²) in [5, 5.41) is 13.6. The number of methoxy groups -OCH3 is 2. The van der Waals surface area contributed by atoms with Gasteiger partial charge in [-0.25, -0.2) is 8.42 Å². The van der Waals surface area contributed by atoms with E-state index in [1.165, 1.54) is 50.6 Å². The summed E-state index contributed by atoms with van der Waals surface area (Å²) in [6.07, 6.45) is 1.59. The van der Waals surface area contributed by atoms with E-state index < -0.39 is 14.8 Å². The number of nitrogens with zero attached hydrogens (tertiary/aromatic N) is 1. The average Bonchev–Trinajstić information content (AvgIpc) is 2.84. The first kappa shape index (κ1) is 24.3. The van der Waals surface area contributed by atoms with Crippen molar-refractivity contribution >= 4 is 45.0 Å². The highest BCUT2D eigenvalue weighted by Crippen LogP contribution is 2.41. The van der Waals surface area contributed by atoms with E-state index in [9.17, 15) is 23.3 Å². The number of thioether (sulfide) groups is 1. The maximum atomic E-state index is 13.3. The molecule has 1 aliphatic heterocycles. The van der Waals surface area contributed by atoms with E-state index in [0.29, 0.717) is 38.1 Å². The van der Waals surface area contributed by atoms with Crippen LogP contribution in [0.5, 0.6) is 11.5 Å². The van der Waals surface area contributed by atoms with Gasteiger partial charge in [0.1, 0.15) is 11.5 Å². The Labute approximate surface area is 205 Å². The van der Waals surface area contributed by atoms with Gasteiger partial charge in [-0.05, 0) is 54.1 Å². The first-order valence-corrected chi connectivity index (χ1v) is 12.7. The largest absolute Gasteiger partial charge is 0.496 e. The molecule has 0 radical (unpaired) electrons. The fraction of sp³-hybridized carbons (Fsp3) is 0.125. The van der Waals surface area contributed by atoms with E-state index in [1.807, 2.05) is 0 Å². The summed E-state index contributed by atoms with van der Waals surface area (Å²) in [4.78, 5) is 23.9. The van der Waals surface area contributed by atoms with E-state index in [4.69, 9.17) is 9.47 Å². The van der Waals surface area contributed by atoms with Crippen LogP contribution in [0.3, 0.4) is 0 Å². The fourth-order valence-electron chi connectivity index (χ4n) is 3.51. The van der Waals surface area contributed by atoms with Crippen LogP contribution >= 0.6 is 11.8 Å². The van der Waals surface area contributed by atoms with Crippen LogP contribution in [0.4, 0.5) is 11.4 Å². The second-order valence-corrected chi connectivity index (χ2v) is 10.5. The number of nitrogens with one attached hydrogen (secondary N) is 1. The van der Waals surface area contributed by atoms with Crippen LogP contribution in [0.1, 0.15) is 11.1 Å². The highest BCUT2D eigenvalue weighted by Gasteiger charge is 2.26. The van der Waals surface area contributed by atoms with Crippen molar-refractivity contribution in [3.8, 4) is 11.5 Å². The summed E-state index contributed by atoms with van der Waals surface area (Å²) in [7, 11) is -0.864. The molecule has 0 atom stereocenters. The molecular formula is C24H20N2O7S2. The Morgan fingerprint density at radius 2 is 1.69 bits per heavy atom. The molecule has 0 saturated carbocycles. The van der Waals surface area contributed by atoms with Gasteiger partial charge in [-0.2, -0.15) is 0 Å². The van der Waals surface area contributed by atoms with Gasteiger partial charge in [0, 0.05) is 17.0 Å². The molecule has 0 saturated heterocycles. The van der Waals surface area contributed by atoms with Crippen LogP contribution in [0.2, 0.25) is 0 Å². The Morgan fingerprint density at radius 1 is 1.03 bits per heavy atom. The van der Waals surface area contributed by atoms with Crippen molar-refractivity contribution in [2.75, 3.05) is 19.5 Å². The third-order valence-electron chi connectivity index (χ3n) is 5.27. The van der Waals surface area contributed by atoms with Gasteiger partial charge in [-0.1, -0.05) is 17.8 Å². The highest BCUT2D eigenvalue weighted by molar-refractivity contribution is 8.04. The van der Waals surface area contributed by atoms with Gasteiger partial charge < -0.3 is 14.8 Å². The van der Waals surface area contributed by atoms with Crippen molar-refractivity contribution in [1.29, 1.82) is 0 Å². The molecule has 0 bridgehead atoms. The molecule has 0 unspecified atom stereocenters. The maximum absolute atomic E-state index is 13.3. The van der Waals surface area contributed by atoms with Gasteiger partial charge in [-0.3, -0.25) is 14.9 Å². The first-order valence-electron chi connectivity index (χ1n) is 10.2. The minimum Gasteiger partial charge on any atom is -0.496 e. The molecule has 1 N–H and O–H groups in total. The summed E-state index contributed by atoms with van der Waals surface area (Å²) in [6.45, 7) is 0. The van der Waals surface area contributed by atoms with Gasteiger partial charge in [0.2, 0.25) is 0 Å². The van der Waals surface area contributed by atoms with E-state index in [1.54, 1.807) is 30.3 Å². The third kappa shape index (κ3) is 5.15. The summed E-state index contributed by atoms with van der Waals surface area (Å²) >= 11 is 1.12. The van der Waals surface area contributed by atoms with Crippen LogP contribution in [-0.2, 0) is 20.4 Å². The van der Waals surface area contributed by atoms with Crippen LogP contribution in [0.25, 0.3) is 6.08 Å². The zero-order valence-corrected chi connectivity index (χ0v) is 20.3. The Kier molecular flexibility index (Phi) is 6.81. The van der Waals surface area contributed by atoms with E-state index in [-0.39, 0.29) is 22.2 Å². The normalized spacial score (nSPS) is 14.2. The number of benzene rings is 3. The van der Waals surface area contributed by atoms with E-state index in [0.717, 1.165) is 11.8 Å². The van der Waals surface area contributed by atoms with Crippen molar-refractivity contribution in [3.63, 3.8) is 0 Å². The molecule has 1 amide bonds. The Morgan fingerprint density at radius 3 is 2.29 bits per heavy atom. The average molecular weight is 513 g/mol. The standard InChI is InChI=1S/C24H20N2O7S2/c1-32-20-4-3-5-21(33-2)18(20)14-35(30,31)17-10-11-19-22(13-17)34-23(24(27)25-19)12-15-6-8-16(9-7-15)26(28)29/h3-13H,14H2,1-2H3,(H,25,27)/b23-12-. The number of nitro benzene ring substituents is 1. The van der Waals surface area contributed by atoms with Crippen molar-refractivity contribution in [1.82, 2.24) is 0 Å². The molecule has 35 heavy (non-hydrogen) atoms. The number of sulfone groups is 1. The molecule has 4 rings (SSSR count). The summed E-state index contributed by atoms with van der Waals surface area (Å²) in [6, 6.07) is 15.3. The van der Waals surface area contributed by atoms with Gasteiger partial charge in [-0.15, -0.1) is 0 Å². The topological polar surface area (TPSA) is 125 Å². The number of amides is 1. The fourth-order valence-corrected chi connectivity index (χ4v) is 5.98. The number of rotatable bonds is 7. The smallest absolute Gasteiger partial charge is 0.269 e. The summed E-state index contributed by atoms with van der Waals surface area (Å²) in [5.74, 6) is 0.124. The highest BCUT2D eigenvalue weighted by atomic mass is 32.2. The zero-order chi connectivity index (χ0) is 25.2. The lowest BCUT2D eigenvalue weighted by molar-refractivity contribution is -0.384. The second-order valence-electron chi connectivity index (χ2n) is 7.47. The number of anilines is 1. The van der Waals surface area contributed by atoms with Gasteiger partial charge in [0.25, 0.3) is 11.6 Å². The lowest BCUT2D eigenvalue weighted by Gasteiger charge is -2.20. The molecule has 1 heterocycles. The second kappa shape index (κ2) is 9.80. The Hall–Kier alpha value is -3.83. The molecule has 0 spiro atoms. The number of carbonyl (C=O) groups is 1. The maximum Gasteiger partial charge on any atom is 0.269 e. The van der Waals surface area contributed by atoms with E-state index in [2.05, 4.69) is 5.32 Å². The first-order chi connectivity index (χ1) is 16.7. The van der Waals surface area contributed by atoms with Crippen molar-refractivity contribution in [3.05, 3.63) is 86.8 Å². The SMILES string of the molecule is COc1cccc(OC)c1CS(=O)(=O)c1ccc2c(c1)S/C(=C\c1ccc([N+](=O)[O-])cc1)C(=O)N2. The summed E-state index contributed by atoms with van der Waals surface area (Å²) in [5.41, 5.74) is 1.45. The predicted octanol–water partition coefficient (Wildman–Crippen LogP) is 4.67. The minimum absolute atomic E-state index is 0.0558. The number of fused-ring (bicyclic) bond motifs is 1. The summed E-state index contributed by atoms with van der Waals surface area (Å²) < 4.78 is 37.2. The quantitative estimate of drug-likeness (QED) is 0.275. The number of non-ortho nitro benzene ring substituents is 1. The molecule has 180 valence electrons. The van der Waals surface area contributed by atoms with Gasteiger partial charge >= 0.3 is 0 Å². The van der Waals surface area contributed by atoms with Crippen molar-refractivity contribution in [2.45, 2.75) is 15.5 Å². The molecule has 0 aliphatic carbocycles. The molecular weight excluding hydrogens is 492 g/mol.